The Balaban J connectivity index is 2.13. The van der Waals surface area contributed by atoms with Gasteiger partial charge in [0.15, 0.2) is 0 Å². The fraction of sp³-hybridized carbons (Fsp3) is 0.538. The van der Waals surface area contributed by atoms with E-state index in [0.717, 1.165) is 18.2 Å². The normalized spacial score (nSPS) is 22.7. The maximum absolute atomic E-state index is 5.25. The maximum atomic E-state index is 5.25. The minimum Gasteiger partial charge on any atom is -0.497 e. The first-order valence-corrected chi connectivity index (χ1v) is 5.66. The number of nitrogens with one attached hydrogen (secondary N) is 1. The Kier molecular flexibility index (Phi) is 3.27. The second-order valence-corrected chi connectivity index (χ2v) is 4.32. The van der Waals surface area contributed by atoms with Crippen molar-refractivity contribution >= 4 is 0 Å². The molecule has 0 aliphatic carbocycles. The van der Waals surface area contributed by atoms with E-state index < -0.39 is 0 Å². The van der Waals surface area contributed by atoms with E-state index in [4.69, 9.17) is 4.74 Å². The first-order chi connectivity index (χ1) is 7.31. The molecule has 0 spiro atoms. The third-order valence-electron chi connectivity index (χ3n) is 3.43. The summed E-state index contributed by atoms with van der Waals surface area (Å²) in [6.45, 7) is 4.63. The van der Waals surface area contributed by atoms with Crippen LogP contribution in [0.3, 0.4) is 0 Å². The van der Waals surface area contributed by atoms with Crippen LogP contribution in [0.25, 0.3) is 0 Å². The van der Waals surface area contributed by atoms with E-state index in [1.165, 1.54) is 18.5 Å². The summed E-state index contributed by atoms with van der Waals surface area (Å²) in [5.41, 5.74) is 1.39. The summed E-state index contributed by atoms with van der Waals surface area (Å²) in [7, 11) is 1.72. The molecule has 0 saturated carbocycles. The van der Waals surface area contributed by atoms with Crippen LogP contribution in [0.5, 0.6) is 5.75 Å². The van der Waals surface area contributed by atoms with Crippen LogP contribution in [0.4, 0.5) is 0 Å². The van der Waals surface area contributed by atoms with Gasteiger partial charge in [0.2, 0.25) is 0 Å². The average molecular weight is 205 g/mol. The molecule has 1 heterocycles. The van der Waals surface area contributed by atoms with Gasteiger partial charge < -0.3 is 10.1 Å². The SMILES string of the molecule is COc1cccc([C@@H](C)[C@@H]2CCNC2)c1. The highest BCUT2D eigenvalue weighted by Gasteiger charge is 2.22. The average Bonchev–Trinajstić information content (AvgIpc) is 2.81. The molecule has 1 N–H and O–H groups in total. The Hall–Kier alpha value is -1.02. The Morgan fingerprint density at radius 3 is 3.00 bits per heavy atom. The topological polar surface area (TPSA) is 21.3 Å². The van der Waals surface area contributed by atoms with Crippen molar-refractivity contribution in [2.75, 3.05) is 20.2 Å². The van der Waals surface area contributed by atoms with Gasteiger partial charge in [-0.3, -0.25) is 0 Å². The van der Waals surface area contributed by atoms with Gasteiger partial charge in [0.25, 0.3) is 0 Å². The van der Waals surface area contributed by atoms with Gasteiger partial charge in [-0.05, 0) is 49.0 Å². The van der Waals surface area contributed by atoms with Crippen molar-refractivity contribution in [3.63, 3.8) is 0 Å². The number of rotatable bonds is 3. The van der Waals surface area contributed by atoms with E-state index >= 15 is 0 Å². The maximum Gasteiger partial charge on any atom is 0.119 e. The molecule has 1 aromatic rings. The highest BCUT2D eigenvalue weighted by Crippen LogP contribution is 2.30. The molecule has 2 heteroatoms. The first-order valence-electron chi connectivity index (χ1n) is 5.66. The molecule has 15 heavy (non-hydrogen) atoms. The van der Waals surface area contributed by atoms with Gasteiger partial charge in [-0.1, -0.05) is 19.1 Å². The second kappa shape index (κ2) is 4.67. The van der Waals surface area contributed by atoms with E-state index in [0.29, 0.717) is 5.92 Å². The summed E-state index contributed by atoms with van der Waals surface area (Å²) in [6, 6.07) is 8.44. The van der Waals surface area contributed by atoms with Crippen molar-refractivity contribution in [3.8, 4) is 5.75 Å². The Bertz CT molecular complexity index is 318. The summed E-state index contributed by atoms with van der Waals surface area (Å²) in [5.74, 6) is 2.36. The largest absolute Gasteiger partial charge is 0.497 e. The number of methoxy groups -OCH3 is 1. The van der Waals surface area contributed by atoms with Crippen LogP contribution < -0.4 is 10.1 Å². The molecule has 0 amide bonds. The van der Waals surface area contributed by atoms with Crippen molar-refractivity contribution in [2.45, 2.75) is 19.3 Å². The summed E-state index contributed by atoms with van der Waals surface area (Å²) >= 11 is 0. The molecule has 0 unspecified atom stereocenters. The molecule has 0 radical (unpaired) electrons. The monoisotopic (exact) mass is 205 g/mol. The van der Waals surface area contributed by atoms with E-state index in [-0.39, 0.29) is 0 Å². The lowest BCUT2D eigenvalue weighted by Gasteiger charge is -2.19. The van der Waals surface area contributed by atoms with Crippen LogP contribution in [0.2, 0.25) is 0 Å². The van der Waals surface area contributed by atoms with Crippen LogP contribution in [0.15, 0.2) is 24.3 Å². The van der Waals surface area contributed by atoms with Gasteiger partial charge >= 0.3 is 0 Å². The molecule has 1 aliphatic rings. The lowest BCUT2D eigenvalue weighted by molar-refractivity contribution is 0.412. The lowest BCUT2D eigenvalue weighted by Crippen LogP contribution is -2.14. The summed E-state index contributed by atoms with van der Waals surface area (Å²) in [6.07, 6.45) is 1.29. The third kappa shape index (κ3) is 2.32. The minimum absolute atomic E-state index is 0.620. The quantitative estimate of drug-likeness (QED) is 0.818. The number of ether oxygens (including phenoxy) is 1. The van der Waals surface area contributed by atoms with Gasteiger partial charge in [0, 0.05) is 0 Å². The predicted octanol–water partition coefficient (Wildman–Crippen LogP) is 2.41. The molecule has 2 nitrogen and oxygen atoms in total. The van der Waals surface area contributed by atoms with E-state index in [1.54, 1.807) is 7.11 Å². The van der Waals surface area contributed by atoms with Crippen molar-refractivity contribution in [2.24, 2.45) is 5.92 Å². The fourth-order valence-corrected chi connectivity index (χ4v) is 2.30. The van der Waals surface area contributed by atoms with E-state index in [2.05, 4.69) is 30.4 Å². The van der Waals surface area contributed by atoms with Crippen LogP contribution in [0, 0.1) is 5.92 Å². The number of hydrogen-bond donors (Lipinski definition) is 1. The van der Waals surface area contributed by atoms with Crippen molar-refractivity contribution in [1.29, 1.82) is 0 Å². The van der Waals surface area contributed by atoms with Gasteiger partial charge in [-0.2, -0.15) is 0 Å². The van der Waals surface area contributed by atoms with E-state index in [1.807, 2.05) is 6.07 Å². The summed E-state index contributed by atoms with van der Waals surface area (Å²) in [4.78, 5) is 0. The van der Waals surface area contributed by atoms with Gasteiger partial charge in [0.1, 0.15) is 5.75 Å². The predicted molar refractivity (Wildman–Crippen MR) is 62.4 cm³/mol. The first kappa shape index (κ1) is 10.5. The summed E-state index contributed by atoms with van der Waals surface area (Å²) < 4.78 is 5.25. The highest BCUT2D eigenvalue weighted by molar-refractivity contribution is 5.31. The molecule has 82 valence electrons. The van der Waals surface area contributed by atoms with Crippen molar-refractivity contribution < 1.29 is 4.74 Å². The molecule has 1 aromatic carbocycles. The van der Waals surface area contributed by atoms with Gasteiger partial charge in [0.05, 0.1) is 7.11 Å². The van der Waals surface area contributed by atoms with Crippen LogP contribution >= 0.6 is 0 Å². The number of benzene rings is 1. The van der Waals surface area contributed by atoms with E-state index in [9.17, 15) is 0 Å². The zero-order chi connectivity index (χ0) is 10.7. The highest BCUT2D eigenvalue weighted by atomic mass is 16.5. The summed E-state index contributed by atoms with van der Waals surface area (Å²) in [5, 5.41) is 3.42. The van der Waals surface area contributed by atoms with Crippen LogP contribution in [0.1, 0.15) is 24.8 Å². The van der Waals surface area contributed by atoms with Crippen LogP contribution in [-0.4, -0.2) is 20.2 Å². The Morgan fingerprint density at radius 2 is 2.33 bits per heavy atom. The smallest absolute Gasteiger partial charge is 0.119 e. The minimum atomic E-state index is 0.620. The molecule has 0 bridgehead atoms. The van der Waals surface area contributed by atoms with Crippen LogP contribution in [-0.2, 0) is 0 Å². The zero-order valence-electron chi connectivity index (χ0n) is 9.49. The molecule has 0 aromatic heterocycles. The fourth-order valence-electron chi connectivity index (χ4n) is 2.30. The molecule has 2 atom stereocenters. The molecular weight excluding hydrogens is 186 g/mol. The van der Waals surface area contributed by atoms with Crippen molar-refractivity contribution in [3.05, 3.63) is 29.8 Å². The third-order valence-corrected chi connectivity index (χ3v) is 3.43. The van der Waals surface area contributed by atoms with Gasteiger partial charge in [-0.25, -0.2) is 0 Å². The van der Waals surface area contributed by atoms with Crippen molar-refractivity contribution in [1.82, 2.24) is 5.32 Å². The molecule has 1 fully saturated rings. The second-order valence-electron chi connectivity index (χ2n) is 4.32. The molecular formula is C13H19NO. The zero-order valence-corrected chi connectivity index (χ0v) is 9.49. The Morgan fingerprint density at radius 1 is 1.47 bits per heavy atom. The van der Waals surface area contributed by atoms with Gasteiger partial charge in [-0.15, -0.1) is 0 Å². The molecule has 1 saturated heterocycles. The molecule has 2 rings (SSSR count). The molecule has 1 aliphatic heterocycles. The lowest BCUT2D eigenvalue weighted by atomic mass is 9.87. The Labute approximate surface area is 91.6 Å². The number of hydrogen-bond acceptors (Lipinski definition) is 2. The standard InChI is InChI=1S/C13H19NO/c1-10(12-6-7-14-9-12)11-4-3-5-13(8-11)15-2/h3-5,8,10,12,14H,6-7,9H2,1-2H3/t10-,12-/m1/s1.